The predicted octanol–water partition coefficient (Wildman–Crippen LogP) is 7.85. The number of hydrogen-bond acceptors (Lipinski definition) is 12. The van der Waals surface area contributed by atoms with E-state index in [1.165, 1.54) is 0 Å². The molecule has 8 aromatic carbocycles. The van der Waals surface area contributed by atoms with Crippen molar-refractivity contribution in [2.45, 2.75) is 93.8 Å². The standard InChI is InChI=1S/2C13H19N4O.4C12H11O2P.2Cu/c2*1-9-5-11(3)16(14-9)7-13(18)8-17-12(4)6-10(2)15-17;4*13-15(14,11-7-3-1-4-8-11)12-9-5-2-6-10-12;;/h2*5-6,13H,7-8H2,1-4H3;4*1-10H,(H,13,14);;/q2*-1;;;;;2*+2/p-2. The fraction of sp³-hybridized carbons (Fsp3) is 0.189. The van der Waals surface area contributed by atoms with Crippen LogP contribution in [0.15, 0.2) is 267 Å². The van der Waals surface area contributed by atoms with E-state index in [1.54, 1.807) is 237 Å². The van der Waals surface area contributed by atoms with Crippen molar-refractivity contribution in [3.63, 3.8) is 0 Å². The summed E-state index contributed by atoms with van der Waals surface area (Å²) in [6.45, 7) is 17.2. The van der Waals surface area contributed by atoms with E-state index in [0.717, 1.165) is 45.6 Å². The Kier molecular flexibility index (Phi) is 31.9. The first-order valence-electron chi connectivity index (χ1n) is 30.8. The molecule has 12 rings (SSSR count). The quantitative estimate of drug-likeness (QED) is 0.0689. The average molecular weight is 1490 g/mol. The van der Waals surface area contributed by atoms with E-state index in [9.17, 15) is 48.0 Å². The Bertz CT molecular complexity index is 3770. The summed E-state index contributed by atoms with van der Waals surface area (Å²) in [6.07, 6.45) is -1.47. The van der Waals surface area contributed by atoms with E-state index in [1.807, 2.05) is 104 Å². The summed E-state index contributed by atoms with van der Waals surface area (Å²) in [5.41, 5.74) is 7.92. The molecule has 12 aromatic rings. The van der Waals surface area contributed by atoms with Crippen molar-refractivity contribution in [1.29, 1.82) is 0 Å². The van der Waals surface area contributed by atoms with Crippen LogP contribution in [0, 0.1) is 55.4 Å². The van der Waals surface area contributed by atoms with Crippen LogP contribution >= 0.6 is 29.5 Å². The average Bonchev–Trinajstić information content (AvgIpc) is 1.43. The second kappa shape index (κ2) is 38.6. The molecule has 4 aromatic heterocycles. The maximum absolute atomic E-state index is 12.2. The summed E-state index contributed by atoms with van der Waals surface area (Å²) in [7, 11) is -14.1. The van der Waals surface area contributed by atoms with E-state index in [4.69, 9.17) is 0 Å². The molecule has 0 saturated carbocycles. The topological polar surface area (TPSA) is 272 Å². The number of aromatic nitrogens is 8. The van der Waals surface area contributed by atoms with Gasteiger partial charge < -0.3 is 38.9 Å². The molecule has 0 aliphatic heterocycles. The molecule has 0 aliphatic rings. The van der Waals surface area contributed by atoms with Gasteiger partial charge in [0.2, 0.25) is 0 Å². The van der Waals surface area contributed by atoms with Crippen LogP contribution in [-0.4, -0.2) is 61.1 Å². The van der Waals surface area contributed by atoms with Crippen LogP contribution in [0.4, 0.5) is 0 Å². The second-order valence-corrected chi connectivity index (χ2v) is 31.3. The van der Waals surface area contributed by atoms with Gasteiger partial charge in [0.05, 0.1) is 37.5 Å². The minimum Gasteiger partial charge on any atom is -0.849 e. The zero-order valence-corrected chi connectivity index (χ0v) is 61.0. The smallest absolute Gasteiger partial charge is 0.849 e. The summed E-state index contributed by atoms with van der Waals surface area (Å²) in [5.74, 6) is 0. The Balaban J connectivity index is 0.000000212. The van der Waals surface area contributed by atoms with Crippen LogP contribution in [0.25, 0.3) is 0 Å². The Morgan fingerprint density at radius 3 is 0.571 bits per heavy atom. The summed E-state index contributed by atoms with van der Waals surface area (Å²) >= 11 is 0. The number of hydrogen-bond donors (Lipinski definition) is 2. The second-order valence-electron chi connectivity index (χ2n) is 22.6. The molecule has 518 valence electrons. The maximum Gasteiger partial charge on any atom is 2.00 e. The van der Waals surface area contributed by atoms with Crippen LogP contribution in [0.1, 0.15) is 45.6 Å². The van der Waals surface area contributed by atoms with Crippen molar-refractivity contribution < 1.29 is 82.2 Å². The molecule has 0 fully saturated rings. The molecule has 0 bridgehead atoms. The molecule has 98 heavy (non-hydrogen) atoms. The monoisotopic (exact) mass is 1490 g/mol. The number of nitrogens with zero attached hydrogens (tertiary/aromatic N) is 8. The molecular formula is C74H80Cu2N8O10P4. The first-order chi connectivity index (χ1) is 45.7. The Labute approximate surface area is 595 Å². The minimum atomic E-state index is -3.65. The van der Waals surface area contributed by atoms with E-state index in [0.29, 0.717) is 68.6 Å². The molecule has 4 heterocycles. The van der Waals surface area contributed by atoms with Gasteiger partial charge in [0, 0.05) is 91.4 Å². The van der Waals surface area contributed by atoms with Crippen LogP contribution in [0.3, 0.4) is 0 Å². The third-order valence-corrected chi connectivity index (χ3v) is 22.6. The zero-order chi connectivity index (χ0) is 69.5. The molecular weight excluding hydrogens is 1410 g/mol. The van der Waals surface area contributed by atoms with Gasteiger partial charge in [0.15, 0.2) is 0 Å². The van der Waals surface area contributed by atoms with Crippen molar-refractivity contribution >= 4 is 71.9 Å². The van der Waals surface area contributed by atoms with Crippen molar-refractivity contribution in [1.82, 2.24) is 39.1 Å². The molecule has 0 amide bonds. The van der Waals surface area contributed by atoms with Gasteiger partial charge in [-0.25, -0.2) is 0 Å². The molecule has 0 saturated heterocycles. The SMILES string of the molecule is Cc1cc(C)n(CC([O-])Cn2nc(C)cc2C)n1.Cc1cc(C)n(CC([O-])Cn2nc(C)cc2C)n1.O=P(O)(c1ccccc1)c1ccccc1.O=P(O)(c1ccccc1)c1ccccc1.O=P([O-])(c1ccccc1)c1ccccc1.O=P([O-])(c1ccccc1)c1ccccc1.[Cu+2].[Cu+2]. The third-order valence-electron chi connectivity index (χ3n) is 14.7. The fourth-order valence-electron chi connectivity index (χ4n) is 9.94. The number of benzene rings is 8. The Hall–Kier alpha value is -7.68. The normalized spacial score (nSPS) is 11.1. The Morgan fingerprint density at radius 2 is 0.439 bits per heavy atom. The maximum atomic E-state index is 12.2. The van der Waals surface area contributed by atoms with Gasteiger partial charge in [0.1, 0.15) is 0 Å². The molecule has 0 spiro atoms. The molecule has 0 atom stereocenters. The van der Waals surface area contributed by atoms with Crippen LogP contribution < -0.4 is 62.4 Å². The molecule has 0 unspecified atom stereocenters. The first kappa shape index (κ1) is 81.0. The van der Waals surface area contributed by atoms with Crippen LogP contribution in [0.5, 0.6) is 0 Å². The largest absolute Gasteiger partial charge is 2.00 e. The van der Waals surface area contributed by atoms with E-state index in [-0.39, 0.29) is 34.1 Å². The molecule has 18 nitrogen and oxygen atoms in total. The van der Waals surface area contributed by atoms with Gasteiger partial charge in [-0.3, -0.25) is 27.9 Å². The molecule has 2 N–H and O–H groups in total. The van der Waals surface area contributed by atoms with Gasteiger partial charge in [-0.2, -0.15) is 20.4 Å². The summed E-state index contributed by atoms with van der Waals surface area (Å²) in [6, 6.07) is 76.7. The van der Waals surface area contributed by atoms with E-state index in [2.05, 4.69) is 20.4 Å². The third kappa shape index (κ3) is 23.8. The predicted molar refractivity (Wildman–Crippen MR) is 378 cm³/mol. The van der Waals surface area contributed by atoms with E-state index >= 15 is 0 Å². The van der Waals surface area contributed by atoms with Gasteiger partial charge in [-0.05, 0) is 128 Å². The van der Waals surface area contributed by atoms with Crippen molar-refractivity contribution in [2.24, 2.45) is 0 Å². The minimum absolute atomic E-state index is 0. The Morgan fingerprint density at radius 1 is 0.296 bits per heavy atom. The molecule has 24 heteroatoms. The van der Waals surface area contributed by atoms with Gasteiger partial charge in [0.25, 0.3) is 14.7 Å². The van der Waals surface area contributed by atoms with Crippen molar-refractivity contribution in [2.75, 3.05) is 0 Å². The molecule has 2 radical (unpaired) electrons. The summed E-state index contributed by atoms with van der Waals surface area (Å²) in [4.78, 5) is 44.1. The van der Waals surface area contributed by atoms with Crippen molar-refractivity contribution in [3.8, 4) is 0 Å². The summed E-state index contributed by atoms with van der Waals surface area (Å²) < 4.78 is 55.6. The number of rotatable bonds is 16. The molecule has 0 aliphatic carbocycles. The number of aryl methyl sites for hydroxylation is 8. The van der Waals surface area contributed by atoms with Gasteiger partial charge in [-0.1, -0.05) is 206 Å². The van der Waals surface area contributed by atoms with Gasteiger partial charge in [-0.15, -0.1) is 0 Å². The zero-order valence-electron chi connectivity index (χ0n) is 55.5. The first-order valence-corrected chi connectivity index (χ1v) is 37.4. The van der Waals surface area contributed by atoms with Crippen molar-refractivity contribution in [3.05, 3.63) is 312 Å². The van der Waals surface area contributed by atoms with Crippen LogP contribution in [-0.2, 0) is 78.6 Å². The van der Waals surface area contributed by atoms with Gasteiger partial charge >= 0.3 is 34.1 Å². The van der Waals surface area contributed by atoms with Crippen LogP contribution in [0.2, 0.25) is 0 Å². The summed E-state index contributed by atoms with van der Waals surface area (Å²) in [5, 5.41) is 44.7. The fourth-order valence-corrected chi connectivity index (χ4v) is 15.7. The van der Waals surface area contributed by atoms with E-state index < -0.39 is 41.7 Å².